The molecule has 28 heavy (non-hydrogen) atoms. The van der Waals surface area contributed by atoms with Crippen LogP contribution in [0.15, 0.2) is 59.8 Å². The van der Waals surface area contributed by atoms with Gasteiger partial charge in [-0.05, 0) is 55.0 Å². The minimum atomic E-state index is 0.137. The number of allylic oxidation sites excluding steroid dienone is 4. The third kappa shape index (κ3) is 12.8. The van der Waals surface area contributed by atoms with Gasteiger partial charge >= 0.3 is 0 Å². The van der Waals surface area contributed by atoms with Crippen LogP contribution in [0.25, 0.3) is 0 Å². The SMILES string of the molecule is CC.CCCC(=O)NCCC1=CCC=C(N)C=C1.CCCc1ccc(N)cc1. The zero-order valence-corrected chi connectivity index (χ0v) is 18.1. The van der Waals surface area contributed by atoms with Crippen LogP contribution in [0.5, 0.6) is 0 Å². The molecule has 0 unspecified atom stereocenters. The fourth-order valence-electron chi connectivity index (χ4n) is 2.51. The first kappa shape index (κ1) is 25.5. The number of nitrogens with one attached hydrogen (secondary N) is 1. The van der Waals surface area contributed by atoms with Crippen molar-refractivity contribution in [3.05, 3.63) is 65.4 Å². The fourth-order valence-corrected chi connectivity index (χ4v) is 2.51. The number of nitrogen functional groups attached to an aromatic ring is 1. The zero-order valence-electron chi connectivity index (χ0n) is 18.1. The van der Waals surface area contributed by atoms with E-state index in [1.807, 2.05) is 51.1 Å². The Morgan fingerprint density at radius 3 is 2.25 bits per heavy atom. The summed E-state index contributed by atoms with van der Waals surface area (Å²) in [5.41, 5.74) is 15.5. The summed E-state index contributed by atoms with van der Waals surface area (Å²) >= 11 is 0. The Hall–Kier alpha value is -2.49. The van der Waals surface area contributed by atoms with Gasteiger partial charge in [0.15, 0.2) is 0 Å². The number of hydrogen-bond acceptors (Lipinski definition) is 3. The highest BCUT2D eigenvalue weighted by molar-refractivity contribution is 5.75. The number of amides is 1. The second kappa shape index (κ2) is 16.7. The lowest BCUT2D eigenvalue weighted by molar-refractivity contribution is -0.121. The first-order valence-electron chi connectivity index (χ1n) is 10.5. The Labute approximate surface area is 171 Å². The molecule has 1 aliphatic carbocycles. The van der Waals surface area contributed by atoms with E-state index in [2.05, 4.69) is 30.4 Å². The second-order valence-electron chi connectivity index (χ2n) is 6.39. The highest BCUT2D eigenvalue weighted by atomic mass is 16.1. The summed E-state index contributed by atoms with van der Waals surface area (Å²) in [7, 11) is 0. The van der Waals surface area contributed by atoms with Gasteiger partial charge < -0.3 is 16.8 Å². The molecule has 4 heteroatoms. The van der Waals surface area contributed by atoms with Gasteiger partial charge in [-0.3, -0.25) is 4.79 Å². The molecule has 0 aliphatic heterocycles. The maximum absolute atomic E-state index is 11.2. The Balaban J connectivity index is 0.000000520. The van der Waals surface area contributed by atoms with E-state index in [4.69, 9.17) is 11.5 Å². The van der Waals surface area contributed by atoms with E-state index < -0.39 is 0 Å². The second-order valence-corrected chi connectivity index (χ2v) is 6.39. The smallest absolute Gasteiger partial charge is 0.219 e. The van der Waals surface area contributed by atoms with Crippen molar-refractivity contribution >= 4 is 11.6 Å². The molecule has 0 fully saturated rings. The van der Waals surface area contributed by atoms with E-state index in [0.717, 1.165) is 37.1 Å². The van der Waals surface area contributed by atoms with Crippen molar-refractivity contribution in [2.45, 2.75) is 66.2 Å². The molecule has 4 nitrogen and oxygen atoms in total. The lowest BCUT2D eigenvalue weighted by Crippen LogP contribution is -2.23. The molecule has 1 aromatic rings. The van der Waals surface area contributed by atoms with Gasteiger partial charge in [-0.1, -0.05) is 64.5 Å². The first-order valence-corrected chi connectivity index (χ1v) is 10.5. The van der Waals surface area contributed by atoms with Crippen molar-refractivity contribution < 1.29 is 4.79 Å². The van der Waals surface area contributed by atoms with Gasteiger partial charge in [-0.2, -0.15) is 0 Å². The monoisotopic (exact) mass is 385 g/mol. The predicted octanol–water partition coefficient (Wildman–Crippen LogP) is 5.27. The number of hydrogen-bond donors (Lipinski definition) is 3. The molecule has 2 rings (SSSR count). The molecular formula is C24H39N3O. The van der Waals surface area contributed by atoms with Crippen molar-refractivity contribution in [3.63, 3.8) is 0 Å². The van der Waals surface area contributed by atoms with Crippen molar-refractivity contribution in [1.82, 2.24) is 5.32 Å². The number of nitrogens with two attached hydrogens (primary N) is 2. The Kier molecular flexibility index (Phi) is 15.2. The predicted molar refractivity (Wildman–Crippen MR) is 123 cm³/mol. The van der Waals surface area contributed by atoms with E-state index >= 15 is 0 Å². The van der Waals surface area contributed by atoms with E-state index in [0.29, 0.717) is 13.0 Å². The van der Waals surface area contributed by atoms with Crippen LogP contribution in [0, 0.1) is 0 Å². The van der Waals surface area contributed by atoms with Gasteiger partial charge in [0.05, 0.1) is 0 Å². The van der Waals surface area contributed by atoms with Crippen LogP contribution < -0.4 is 16.8 Å². The Morgan fingerprint density at radius 2 is 1.64 bits per heavy atom. The lowest BCUT2D eigenvalue weighted by Gasteiger charge is -2.04. The molecule has 0 spiro atoms. The number of rotatable bonds is 7. The van der Waals surface area contributed by atoms with Crippen molar-refractivity contribution in [2.24, 2.45) is 5.73 Å². The number of carbonyl (C=O) groups is 1. The summed E-state index contributed by atoms with van der Waals surface area (Å²) in [5.74, 6) is 0.137. The summed E-state index contributed by atoms with van der Waals surface area (Å²) < 4.78 is 0. The Morgan fingerprint density at radius 1 is 0.964 bits per heavy atom. The summed E-state index contributed by atoms with van der Waals surface area (Å²) in [5, 5.41) is 2.90. The van der Waals surface area contributed by atoms with Gasteiger partial charge in [0.2, 0.25) is 5.91 Å². The molecule has 0 saturated heterocycles. The minimum Gasteiger partial charge on any atom is -0.399 e. The largest absolute Gasteiger partial charge is 0.399 e. The standard InChI is InChI=1S/C13H20N2O.C9H13N.C2H6/c1-2-4-13(16)15-10-9-11-5-3-6-12(14)8-7-11;1-2-3-8-4-6-9(10)7-5-8;1-2/h5-8H,2-4,9-10,14H2,1H3,(H,15,16);4-7H,2-3,10H2,1H3;1-2H3. The van der Waals surface area contributed by atoms with Crippen LogP contribution >= 0.6 is 0 Å². The quantitative estimate of drug-likeness (QED) is 0.559. The maximum Gasteiger partial charge on any atom is 0.219 e. The van der Waals surface area contributed by atoms with Gasteiger partial charge in [0, 0.05) is 24.4 Å². The summed E-state index contributed by atoms with van der Waals surface area (Å²) in [4.78, 5) is 11.2. The normalized spacial score (nSPS) is 12.3. The number of aryl methyl sites for hydroxylation is 1. The molecule has 0 aromatic heterocycles. The van der Waals surface area contributed by atoms with Crippen LogP contribution in [0.3, 0.4) is 0 Å². The van der Waals surface area contributed by atoms with Crippen LogP contribution in [0.1, 0.15) is 65.4 Å². The molecule has 0 heterocycles. The lowest BCUT2D eigenvalue weighted by atomic mass is 10.1. The molecule has 0 bridgehead atoms. The van der Waals surface area contributed by atoms with Crippen LogP contribution in [-0.4, -0.2) is 12.5 Å². The van der Waals surface area contributed by atoms with Gasteiger partial charge in [-0.15, -0.1) is 0 Å². The molecule has 156 valence electrons. The summed E-state index contributed by atoms with van der Waals surface area (Å²) in [6.07, 6.45) is 13.7. The molecule has 0 radical (unpaired) electrons. The van der Waals surface area contributed by atoms with Crippen molar-refractivity contribution in [1.29, 1.82) is 0 Å². The third-order valence-corrected chi connectivity index (χ3v) is 3.95. The van der Waals surface area contributed by atoms with Crippen LogP contribution in [0.2, 0.25) is 0 Å². The molecule has 1 aliphatic rings. The topological polar surface area (TPSA) is 81.1 Å². The number of benzene rings is 1. The van der Waals surface area contributed by atoms with Crippen molar-refractivity contribution in [2.75, 3.05) is 12.3 Å². The Bertz CT molecular complexity index is 628. The molecule has 0 saturated carbocycles. The average molecular weight is 386 g/mol. The molecular weight excluding hydrogens is 346 g/mol. The highest BCUT2D eigenvalue weighted by Crippen LogP contribution is 2.10. The highest BCUT2D eigenvalue weighted by Gasteiger charge is 2.00. The fraction of sp³-hybridized carbons (Fsp3) is 0.458. The average Bonchev–Trinajstić information content (AvgIpc) is 2.90. The third-order valence-electron chi connectivity index (χ3n) is 3.95. The van der Waals surface area contributed by atoms with Crippen LogP contribution in [0.4, 0.5) is 5.69 Å². The summed E-state index contributed by atoms with van der Waals surface area (Å²) in [6.45, 7) is 8.88. The van der Waals surface area contributed by atoms with Gasteiger partial charge in [0.1, 0.15) is 0 Å². The van der Waals surface area contributed by atoms with E-state index in [1.165, 1.54) is 17.6 Å². The maximum atomic E-state index is 11.2. The van der Waals surface area contributed by atoms with E-state index in [9.17, 15) is 4.79 Å². The summed E-state index contributed by atoms with van der Waals surface area (Å²) in [6, 6.07) is 8.06. The van der Waals surface area contributed by atoms with Crippen LogP contribution in [-0.2, 0) is 11.2 Å². The first-order chi connectivity index (χ1) is 13.5. The minimum absolute atomic E-state index is 0.137. The van der Waals surface area contributed by atoms with E-state index in [-0.39, 0.29) is 5.91 Å². The molecule has 1 aromatic carbocycles. The molecule has 1 amide bonds. The van der Waals surface area contributed by atoms with Gasteiger partial charge in [0.25, 0.3) is 0 Å². The van der Waals surface area contributed by atoms with Gasteiger partial charge in [-0.25, -0.2) is 0 Å². The zero-order chi connectivity index (χ0) is 21.2. The van der Waals surface area contributed by atoms with Crippen molar-refractivity contribution in [3.8, 4) is 0 Å². The van der Waals surface area contributed by atoms with E-state index in [1.54, 1.807) is 0 Å². The molecule has 0 atom stereocenters. The number of anilines is 1. The number of carbonyl (C=O) groups excluding carboxylic acids is 1. The molecule has 5 N–H and O–H groups in total.